The topological polar surface area (TPSA) is 29.5 Å². The molecule has 0 aliphatic rings. The predicted octanol–water partition coefficient (Wildman–Crippen LogP) is 3.63. The lowest BCUT2D eigenvalue weighted by molar-refractivity contribution is 0.101. The Hall–Kier alpha value is -2.13. The van der Waals surface area contributed by atoms with Crippen molar-refractivity contribution in [1.29, 1.82) is 0 Å². The summed E-state index contributed by atoms with van der Waals surface area (Å²) in [5, 5.41) is 0. The molecule has 0 saturated heterocycles. The summed E-state index contributed by atoms with van der Waals surface area (Å²) in [5.74, 6) is 0.837. The van der Waals surface area contributed by atoms with Gasteiger partial charge in [0, 0.05) is 17.7 Å². The van der Waals surface area contributed by atoms with Gasteiger partial charge < -0.3 is 9.64 Å². The minimum absolute atomic E-state index is 0.0585. The van der Waals surface area contributed by atoms with Crippen LogP contribution < -0.4 is 4.74 Å². The van der Waals surface area contributed by atoms with Gasteiger partial charge in [-0.25, -0.2) is 0 Å². The predicted molar refractivity (Wildman–Crippen MR) is 85.8 cm³/mol. The van der Waals surface area contributed by atoms with Gasteiger partial charge in [0.25, 0.3) is 0 Å². The Morgan fingerprint density at radius 1 is 1.10 bits per heavy atom. The molecule has 0 radical (unpaired) electrons. The third-order valence-electron chi connectivity index (χ3n) is 3.37. The molecule has 3 nitrogen and oxygen atoms in total. The fraction of sp³-hybridized carbons (Fsp3) is 0.278. The van der Waals surface area contributed by atoms with E-state index in [0.717, 1.165) is 23.4 Å². The third kappa shape index (κ3) is 3.70. The number of benzene rings is 2. The molecule has 0 saturated carbocycles. The highest BCUT2D eigenvalue weighted by Gasteiger charge is 2.09. The molecule has 110 valence electrons. The lowest BCUT2D eigenvalue weighted by Gasteiger charge is -2.12. The van der Waals surface area contributed by atoms with E-state index in [1.807, 2.05) is 26.2 Å². The Morgan fingerprint density at radius 2 is 1.76 bits per heavy atom. The van der Waals surface area contributed by atoms with Crippen molar-refractivity contribution in [3.8, 4) is 16.9 Å². The molecule has 0 unspecified atom stereocenters. The zero-order valence-electron chi connectivity index (χ0n) is 13.0. The summed E-state index contributed by atoms with van der Waals surface area (Å²) >= 11 is 0. The van der Waals surface area contributed by atoms with Gasteiger partial charge in [-0.2, -0.15) is 0 Å². The van der Waals surface area contributed by atoms with Crippen molar-refractivity contribution in [3.63, 3.8) is 0 Å². The Kier molecular flexibility index (Phi) is 4.76. The lowest BCUT2D eigenvalue weighted by Crippen LogP contribution is -2.10. The minimum Gasteiger partial charge on any atom is -0.496 e. The van der Waals surface area contributed by atoms with Crippen LogP contribution in [0.5, 0.6) is 5.75 Å². The van der Waals surface area contributed by atoms with Gasteiger partial charge in [0.2, 0.25) is 0 Å². The van der Waals surface area contributed by atoms with Gasteiger partial charge in [0.1, 0.15) is 5.75 Å². The molecule has 0 atom stereocenters. The highest BCUT2D eigenvalue weighted by Crippen LogP contribution is 2.31. The van der Waals surface area contributed by atoms with Crippen LogP contribution in [0.2, 0.25) is 0 Å². The average Bonchev–Trinajstić information content (AvgIpc) is 2.46. The molecule has 0 fully saturated rings. The van der Waals surface area contributed by atoms with Gasteiger partial charge in [0.05, 0.1) is 7.11 Å². The van der Waals surface area contributed by atoms with Gasteiger partial charge in [-0.1, -0.05) is 24.3 Å². The van der Waals surface area contributed by atoms with E-state index < -0.39 is 0 Å². The van der Waals surface area contributed by atoms with Gasteiger partial charge in [-0.3, -0.25) is 4.79 Å². The van der Waals surface area contributed by atoms with E-state index in [2.05, 4.69) is 29.2 Å². The summed E-state index contributed by atoms with van der Waals surface area (Å²) in [6.45, 7) is 2.48. The van der Waals surface area contributed by atoms with Gasteiger partial charge in [-0.15, -0.1) is 0 Å². The first-order valence-electron chi connectivity index (χ1n) is 6.94. The molecule has 0 aromatic heterocycles. The first kappa shape index (κ1) is 15.3. The summed E-state index contributed by atoms with van der Waals surface area (Å²) in [6.07, 6.45) is 0. The van der Waals surface area contributed by atoms with Crippen molar-refractivity contribution < 1.29 is 9.53 Å². The SMILES string of the molecule is COc1ccc(C(C)=O)cc1-c1ccc(CN(C)C)cc1. The highest BCUT2D eigenvalue weighted by atomic mass is 16.5. The molecule has 0 aliphatic carbocycles. The number of hydrogen-bond donors (Lipinski definition) is 0. The molecular weight excluding hydrogens is 262 g/mol. The smallest absolute Gasteiger partial charge is 0.159 e. The van der Waals surface area contributed by atoms with Crippen LogP contribution in [0.3, 0.4) is 0 Å². The number of ketones is 1. The van der Waals surface area contributed by atoms with E-state index >= 15 is 0 Å². The van der Waals surface area contributed by atoms with Crippen molar-refractivity contribution in [2.24, 2.45) is 0 Å². The number of rotatable bonds is 5. The maximum absolute atomic E-state index is 11.6. The number of methoxy groups -OCH3 is 1. The van der Waals surface area contributed by atoms with Gasteiger partial charge in [-0.05, 0) is 50.3 Å². The molecule has 0 N–H and O–H groups in total. The van der Waals surface area contributed by atoms with Crippen molar-refractivity contribution >= 4 is 5.78 Å². The number of Topliss-reactive ketones (excluding diaryl/α,β-unsaturated/α-hetero) is 1. The molecule has 0 amide bonds. The van der Waals surface area contributed by atoms with Crippen LogP contribution in [-0.2, 0) is 6.54 Å². The summed E-state index contributed by atoms with van der Waals surface area (Å²) in [5.41, 5.74) is 3.95. The van der Waals surface area contributed by atoms with E-state index in [0.29, 0.717) is 5.56 Å². The average molecular weight is 283 g/mol. The normalized spacial score (nSPS) is 10.7. The first-order valence-corrected chi connectivity index (χ1v) is 6.94. The molecule has 2 aromatic carbocycles. The summed E-state index contributed by atoms with van der Waals surface area (Å²) < 4.78 is 5.41. The van der Waals surface area contributed by atoms with Crippen molar-refractivity contribution in [3.05, 3.63) is 53.6 Å². The lowest BCUT2D eigenvalue weighted by atomic mass is 9.99. The number of ether oxygens (including phenoxy) is 1. The van der Waals surface area contributed by atoms with Crippen LogP contribution in [0.25, 0.3) is 11.1 Å². The first-order chi connectivity index (χ1) is 10.0. The molecule has 0 bridgehead atoms. The summed E-state index contributed by atoms with van der Waals surface area (Å²) in [7, 11) is 5.74. The zero-order chi connectivity index (χ0) is 15.4. The Morgan fingerprint density at radius 3 is 2.29 bits per heavy atom. The summed E-state index contributed by atoms with van der Waals surface area (Å²) in [6, 6.07) is 13.9. The Labute approximate surface area is 126 Å². The molecule has 2 aromatic rings. The van der Waals surface area contributed by atoms with E-state index in [9.17, 15) is 4.79 Å². The van der Waals surface area contributed by atoms with Gasteiger partial charge in [0.15, 0.2) is 5.78 Å². The Bertz CT molecular complexity index is 630. The van der Waals surface area contributed by atoms with Gasteiger partial charge >= 0.3 is 0 Å². The molecule has 21 heavy (non-hydrogen) atoms. The van der Waals surface area contributed by atoms with E-state index in [-0.39, 0.29) is 5.78 Å². The molecule has 2 rings (SSSR count). The molecule has 0 aliphatic heterocycles. The van der Waals surface area contributed by atoms with Crippen LogP contribution in [0.1, 0.15) is 22.8 Å². The second-order valence-electron chi connectivity index (χ2n) is 5.41. The number of carbonyl (C=O) groups is 1. The maximum Gasteiger partial charge on any atom is 0.159 e. The van der Waals surface area contributed by atoms with Crippen LogP contribution in [0.4, 0.5) is 0 Å². The van der Waals surface area contributed by atoms with Crippen LogP contribution in [0, 0.1) is 0 Å². The van der Waals surface area contributed by atoms with Crippen LogP contribution in [0.15, 0.2) is 42.5 Å². The maximum atomic E-state index is 11.6. The number of carbonyl (C=O) groups excluding carboxylic acids is 1. The molecule has 3 heteroatoms. The molecular formula is C18H21NO2. The van der Waals surface area contributed by atoms with E-state index in [1.165, 1.54) is 5.56 Å². The van der Waals surface area contributed by atoms with Crippen LogP contribution in [-0.4, -0.2) is 31.9 Å². The standard InChI is InChI=1S/C18H21NO2/c1-13(20)16-9-10-18(21-4)17(11-16)15-7-5-14(6-8-15)12-19(2)3/h5-11H,12H2,1-4H3. The monoisotopic (exact) mass is 283 g/mol. The van der Waals surface area contributed by atoms with E-state index in [1.54, 1.807) is 20.1 Å². The molecule has 0 heterocycles. The van der Waals surface area contributed by atoms with Crippen molar-refractivity contribution in [2.45, 2.75) is 13.5 Å². The zero-order valence-corrected chi connectivity index (χ0v) is 13.0. The minimum atomic E-state index is 0.0585. The number of nitrogens with zero attached hydrogens (tertiary/aromatic N) is 1. The quantitative estimate of drug-likeness (QED) is 0.785. The van der Waals surface area contributed by atoms with Crippen molar-refractivity contribution in [1.82, 2.24) is 4.90 Å². The number of hydrogen-bond acceptors (Lipinski definition) is 3. The summed E-state index contributed by atoms with van der Waals surface area (Å²) in [4.78, 5) is 13.7. The fourth-order valence-electron chi connectivity index (χ4n) is 2.31. The highest BCUT2D eigenvalue weighted by molar-refractivity contribution is 5.96. The van der Waals surface area contributed by atoms with Crippen molar-refractivity contribution in [2.75, 3.05) is 21.2 Å². The Balaban J connectivity index is 2.40. The largest absolute Gasteiger partial charge is 0.496 e. The van der Waals surface area contributed by atoms with E-state index in [4.69, 9.17) is 4.74 Å². The second-order valence-corrected chi connectivity index (χ2v) is 5.41. The van der Waals surface area contributed by atoms with Crippen LogP contribution >= 0.6 is 0 Å². The second kappa shape index (κ2) is 6.55. The fourth-order valence-corrected chi connectivity index (χ4v) is 2.31. The molecule has 0 spiro atoms. The third-order valence-corrected chi connectivity index (χ3v) is 3.37.